The van der Waals surface area contributed by atoms with E-state index in [1.807, 2.05) is 5.41 Å². The molecule has 0 N–H and O–H groups in total. The second kappa shape index (κ2) is 1.39. The van der Waals surface area contributed by atoms with Crippen molar-refractivity contribution in [2.75, 3.05) is 0 Å². The molecule has 32 valence electrons. The van der Waals surface area contributed by atoms with E-state index in [9.17, 15) is 0 Å². The van der Waals surface area contributed by atoms with Crippen molar-refractivity contribution < 1.29 is 0 Å². The zero-order valence-electron chi connectivity index (χ0n) is 3.22. The van der Waals surface area contributed by atoms with Crippen molar-refractivity contribution in [1.29, 1.82) is 0 Å². The van der Waals surface area contributed by atoms with Crippen molar-refractivity contribution >= 4 is 11.8 Å². The van der Waals surface area contributed by atoms with Gasteiger partial charge in [-0.2, -0.15) is 6.20 Å². The summed E-state index contributed by atoms with van der Waals surface area (Å²) in [4.78, 5) is 0. The maximum absolute atomic E-state index is 3.82. The first-order valence-electron chi connectivity index (χ1n) is 1.61. The minimum atomic E-state index is 0.884. The molecule has 1 aliphatic rings. The highest BCUT2D eigenvalue weighted by atomic mass is 32.2. The third-order valence-electron chi connectivity index (χ3n) is 0.483. The van der Waals surface area contributed by atoms with Gasteiger partial charge in [-0.25, -0.2) is 0 Å². The van der Waals surface area contributed by atoms with E-state index in [1.54, 1.807) is 18.0 Å². The fourth-order valence-corrected chi connectivity index (χ4v) is 0.653. The third-order valence-corrected chi connectivity index (χ3v) is 1.12. The van der Waals surface area contributed by atoms with Gasteiger partial charge < -0.3 is 5.32 Å². The summed E-state index contributed by atoms with van der Waals surface area (Å²) >= 11 is 1.56. The highest BCUT2D eigenvalue weighted by Gasteiger charge is 1.77. The van der Waals surface area contributed by atoms with E-state index in [1.165, 1.54) is 0 Å². The van der Waals surface area contributed by atoms with Gasteiger partial charge in [0, 0.05) is 0 Å². The zero-order chi connectivity index (χ0) is 4.41. The van der Waals surface area contributed by atoms with E-state index in [2.05, 4.69) is 11.9 Å². The minimum Gasteiger partial charge on any atom is -0.658 e. The minimum absolute atomic E-state index is 0.884. The molecular weight excluding hydrogens is 94.1 g/mol. The SMILES string of the molecule is C=C1[N-]C=CS1. The Labute approximate surface area is 41.1 Å². The maximum atomic E-state index is 3.82. The molecule has 0 saturated heterocycles. The molecular formula is C4H4NS-. The van der Waals surface area contributed by atoms with E-state index in [4.69, 9.17) is 0 Å². The first-order valence-corrected chi connectivity index (χ1v) is 2.49. The van der Waals surface area contributed by atoms with Crippen molar-refractivity contribution in [3.05, 3.63) is 28.5 Å². The second-order valence-electron chi connectivity index (χ2n) is 0.926. The molecule has 0 aromatic carbocycles. The fourth-order valence-electron chi connectivity index (χ4n) is 0.253. The molecule has 1 heterocycles. The van der Waals surface area contributed by atoms with Crippen molar-refractivity contribution in [1.82, 2.24) is 0 Å². The largest absolute Gasteiger partial charge is 0.658 e. The average molecular weight is 98.2 g/mol. The average Bonchev–Trinajstić information content (AvgIpc) is 1.86. The lowest BCUT2D eigenvalue weighted by molar-refractivity contribution is 1.85. The van der Waals surface area contributed by atoms with Gasteiger partial charge in [0.1, 0.15) is 0 Å². The number of hydrogen-bond acceptors (Lipinski definition) is 1. The van der Waals surface area contributed by atoms with Crippen LogP contribution in [0.5, 0.6) is 0 Å². The summed E-state index contributed by atoms with van der Waals surface area (Å²) in [6, 6.07) is 0. The summed E-state index contributed by atoms with van der Waals surface area (Å²) in [6.07, 6.45) is 1.74. The highest BCUT2D eigenvalue weighted by Crippen LogP contribution is 2.27. The van der Waals surface area contributed by atoms with Crippen LogP contribution in [-0.4, -0.2) is 0 Å². The number of nitrogens with zero attached hydrogens (tertiary/aromatic N) is 1. The normalized spacial score (nSPS) is 18.3. The van der Waals surface area contributed by atoms with Crippen molar-refractivity contribution in [2.24, 2.45) is 0 Å². The second-order valence-corrected chi connectivity index (χ2v) is 1.90. The van der Waals surface area contributed by atoms with Crippen LogP contribution in [0.4, 0.5) is 0 Å². The summed E-state index contributed by atoms with van der Waals surface area (Å²) in [7, 11) is 0. The van der Waals surface area contributed by atoms with E-state index in [0.29, 0.717) is 0 Å². The molecule has 2 heteroatoms. The van der Waals surface area contributed by atoms with Crippen LogP contribution in [0.1, 0.15) is 0 Å². The van der Waals surface area contributed by atoms with Crippen molar-refractivity contribution in [2.45, 2.75) is 0 Å². The van der Waals surface area contributed by atoms with Gasteiger partial charge in [-0.1, -0.05) is 0 Å². The van der Waals surface area contributed by atoms with E-state index < -0.39 is 0 Å². The molecule has 1 rings (SSSR count). The quantitative estimate of drug-likeness (QED) is 0.452. The summed E-state index contributed by atoms with van der Waals surface area (Å²) in [5.74, 6) is 0. The molecule has 0 radical (unpaired) electrons. The van der Waals surface area contributed by atoms with Crippen LogP contribution in [0.3, 0.4) is 0 Å². The predicted octanol–water partition coefficient (Wildman–Crippen LogP) is 2.05. The number of thioether (sulfide) groups is 1. The van der Waals surface area contributed by atoms with Crippen molar-refractivity contribution in [3.63, 3.8) is 0 Å². The molecule has 6 heavy (non-hydrogen) atoms. The molecule has 0 atom stereocenters. The molecule has 0 bridgehead atoms. The summed E-state index contributed by atoms with van der Waals surface area (Å²) in [5.41, 5.74) is 0. The van der Waals surface area contributed by atoms with Crippen LogP contribution in [0.25, 0.3) is 5.32 Å². The standard InChI is InChI=1S/C4H4NS/c1-4-5-2-3-6-4/h2-3H,1H2/q-1. The molecule has 0 spiro atoms. The smallest absolute Gasteiger partial charge is 0.0480 e. The third kappa shape index (κ3) is 0.571. The van der Waals surface area contributed by atoms with Gasteiger partial charge in [-0.05, 0) is 5.41 Å². The monoisotopic (exact) mass is 98.0 g/mol. The van der Waals surface area contributed by atoms with Gasteiger partial charge in [-0.15, -0.1) is 23.4 Å². The predicted molar refractivity (Wildman–Crippen MR) is 29.2 cm³/mol. The van der Waals surface area contributed by atoms with Gasteiger partial charge in [0.25, 0.3) is 0 Å². The molecule has 0 aromatic rings. The van der Waals surface area contributed by atoms with Crippen LogP contribution < -0.4 is 0 Å². The molecule has 1 nitrogen and oxygen atoms in total. The summed E-state index contributed by atoms with van der Waals surface area (Å²) in [6.45, 7) is 3.59. The topological polar surface area (TPSA) is 14.1 Å². The van der Waals surface area contributed by atoms with Gasteiger partial charge in [-0.3, -0.25) is 0 Å². The maximum Gasteiger partial charge on any atom is -0.0480 e. The number of rotatable bonds is 0. The Balaban J connectivity index is 2.52. The van der Waals surface area contributed by atoms with E-state index in [0.717, 1.165) is 5.03 Å². The molecule has 0 unspecified atom stereocenters. The van der Waals surface area contributed by atoms with Gasteiger partial charge in [0.15, 0.2) is 0 Å². The van der Waals surface area contributed by atoms with Gasteiger partial charge in [0.2, 0.25) is 0 Å². The first kappa shape index (κ1) is 3.81. The molecule has 0 amide bonds. The van der Waals surface area contributed by atoms with Crippen LogP contribution in [0.15, 0.2) is 23.2 Å². The number of hydrogen-bond donors (Lipinski definition) is 0. The summed E-state index contributed by atoms with van der Waals surface area (Å²) < 4.78 is 0. The van der Waals surface area contributed by atoms with Gasteiger partial charge >= 0.3 is 0 Å². The van der Waals surface area contributed by atoms with Gasteiger partial charge in [0.05, 0.1) is 0 Å². The highest BCUT2D eigenvalue weighted by molar-refractivity contribution is 8.06. The molecule has 0 fully saturated rings. The molecule has 0 saturated carbocycles. The Kier molecular flexibility index (Phi) is 0.881. The Morgan fingerprint density at radius 3 is 2.83 bits per heavy atom. The molecule has 1 aliphatic heterocycles. The zero-order valence-corrected chi connectivity index (χ0v) is 4.03. The Hall–Kier alpha value is -0.370. The Bertz CT molecular complexity index is 85.7. The first-order chi connectivity index (χ1) is 2.89. The Morgan fingerprint density at radius 2 is 2.67 bits per heavy atom. The fraction of sp³-hybridized carbons (Fsp3) is 0. The molecule has 0 aliphatic carbocycles. The lowest BCUT2D eigenvalue weighted by atomic mass is 10.9. The van der Waals surface area contributed by atoms with E-state index >= 15 is 0 Å². The van der Waals surface area contributed by atoms with Crippen LogP contribution >= 0.6 is 11.8 Å². The lowest BCUT2D eigenvalue weighted by Crippen LogP contribution is -1.49. The van der Waals surface area contributed by atoms with Crippen LogP contribution in [0, 0.1) is 0 Å². The van der Waals surface area contributed by atoms with Crippen LogP contribution in [0.2, 0.25) is 0 Å². The van der Waals surface area contributed by atoms with Crippen molar-refractivity contribution in [3.8, 4) is 0 Å². The summed E-state index contributed by atoms with van der Waals surface area (Å²) in [5, 5.41) is 6.61. The van der Waals surface area contributed by atoms with E-state index in [-0.39, 0.29) is 0 Å². The molecule has 0 aromatic heterocycles. The van der Waals surface area contributed by atoms with Crippen LogP contribution in [-0.2, 0) is 0 Å². The Morgan fingerprint density at radius 1 is 1.83 bits per heavy atom. The lowest BCUT2D eigenvalue weighted by Gasteiger charge is -2.05.